The van der Waals surface area contributed by atoms with Crippen molar-refractivity contribution in [2.75, 3.05) is 0 Å². The predicted octanol–water partition coefficient (Wildman–Crippen LogP) is 1.67. The molecule has 2 N–H and O–H groups in total. The number of aryl methyl sites for hydroxylation is 1. The van der Waals surface area contributed by atoms with Crippen LogP contribution in [0.2, 0.25) is 0 Å². The van der Waals surface area contributed by atoms with Gasteiger partial charge in [0.15, 0.2) is 0 Å². The molecule has 0 amide bonds. The fraction of sp³-hybridized carbons (Fsp3) is 0.222. The van der Waals surface area contributed by atoms with Crippen molar-refractivity contribution in [2.45, 2.75) is 13.3 Å². The van der Waals surface area contributed by atoms with Gasteiger partial charge in [0.2, 0.25) is 0 Å². The lowest BCUT2D eigenvalue weighted by molar-refractivity contribution is 0.515. The van der Waals surface area contributed by atoms with E-state index in [0.717, 1.165) is 17.7 Å². The molecule has 0 aliphatic rings. The van der Waals surface area contributed by atoms with Crippen LogP contribution in [0.4, 0.5) is 0 Å². The number of nitrogens with two attached hydrogens (primary N) is 1. The lowest BCUT2D eigenvalue weighted by Crippen LogP contribution is -1.96. The number of furan rings is 1. The Labute approximate surface area is 71.1 Å². The van der Waals surface area contributed by atoms with Crippen LogP contribution >= 0.6 is 0 Å². The highest BCUT2D eigenvalue weighted by Gasteiger charge is 2.05. The van der Waals surface area contributed by atoms with E-state index in [-0.39, 0.29) is 0 Å². The van der Waals surface area contributed by atoms with Crippen LogP contribution in [0.15, 0.2) is 22.8 Å². The second-order valence-corrected chi connectivity index (χ2v) is 2.34. The van der Waals surface area contributed by atoms with E-state index in [2.05, 4.69) is 0 Å². The van der Waals surface area contributed by atoms with E-state index in [0.29, 0.717) is 5.70 Å². The lowest BCUT2D eigenvalue weighted by Gasteiger charge is -1.97. The van der Waals surface area contributed by atoms with Crippen molar-refractivity contribution in [3.63, 3.8) is 0 Å². The fourth-order valence-corrected chi connectivity index (χ4v) is 1.02. The molecule has 3 nitrogen and oxygen atoms in total. The molecule has 0 fully saturated rings. The molecule has 0 saturated carbocycles. The molecule has 0 radical (unpaired) electrons. The number of allylic oxidation sites excluding steroid dienone is 1. The van der Waals surface area contributed by atoms with Gasteiger partial charge >= 0.3 is 0 Å². The summed E-state index contributed by atoms with van der Waals surface area (Å²) in [6, 6.07) is 3.64. The smallest absolute Gasteiger partial charge is 0.112 e. The van der Waals surface area contributed by atoms with Gasteiger partial charge in [-0.3, -0.25) is 0 Å². The number of rotatable bonds is 2. The third kappa shape index (κ3) is 1.48. The van der Waals surface area contributed by atoms with Crippen LogP contribution in [0.1, 0.15) is 18.2 Å². The lowest BCUT2D eigenvalue weighted by atomic mass is 10.1. The third-order valence-electron chi connectivity index (χ3n) is 1.60. The molecule has 1 aromatic heterocycles. The van der Waals surface area contributed by atoms with E-state index in [4.69, 9.17) is 15.4 Å². The van der Waals surface area contributed by atoms with Crippen molar-refractivity contribution in [2.24, 2.45) is 5.73 Å². The normalized spacial score (nSPS) is 11.2. The molecular formula is C9H10N2O. The second-order valence-electron chi connectivity index (χ2n) is 2.34. The van der Waals surface area contributed by atoms with Crippen molar-refractivity contribution in [1.82, 2.24) is 0 Å². The first-order valence-electron chi connectivity index (χ1n) is 3.71. The Bertz CT molecular complexity index is 331. The van der Waals surface area contributed by atoms with Gasteiger partial charge < -0.3 is 10.2 Å². The summed E-state index contributed by atoms with van der Waals surface area (Å²) in [4.78, 5) is 0. The van der Waals surface area contributed by atoms with Gasteiger partial charge in [-0.15, -0.1) is 0 Å². The fourth-order valence-electron chi connectivity index (χ4n) is 1.02. The van der Waals surface area contributed by atoms with Gasteiger partial charge in [-0.1, -0.05) is 6.92 Å². The van der Waals surface area contributed by atoms with Gasteiger partial charge in [-0.2, -0.15) is 5.26 Å². The number of nitriles is 1. The van der Waals surface area contributed by atoms with E-state index in [1.807, 2.05) is 13.0 Å². The number of nitrogens with zero attached hydrogens (tertiary/aromatic N) is 1. The van der Waals surface area contributed by atoms with Crippen molar-refractivity contribution in [3.05, 3.63) is 29.7 Å². The topological polar surface area (TPSA) is 62.9 Å². The zero-order valence-electron chi connectivity index (χ0n) is 6.87. The highest BCUT2D eigenvalue weighted by atomic mass is 16.3. The molecule has 1 aromatic rings. The molecule has 0 spiro atoms. The van der Waals surface area contributed by atoms with Crippen LogP contribution < -0.4 is 5.73 Å². The Morgan fingerprint density at radius 2 is 2.58 bits per heavy atom. The molecule has 0 aromatic carbocycles. The number of hydrogen-bond acceptors (Lipinski definition) is 3. The number of hydrogen-bond donors (Lipinski definition) is 1. The maximum atomic E-state index is 8.36. The molecule has 3 heteroatoms. The SMILES string of the molecule is CCc1occc1/C(N)=C/C#N. The van der Waals surface area contributed by atoms with E-state index in [9.17, 15) is 0 Å². The molecule has 62 valence electrons. The minimum atomic E-state index is 0.461. The van der Waals surface area contributed by atoms with E-state index in [1.54, 1.807) is 12.3 Å². The zero-order chi connectivity index (χ0) is 8.97. The van der Waals surface area contributed by atoms with Crippen molar-refractivity contribution >= 4 is 5.70 Å². The van der Waals surface area contributed by atoms with Crippen molar-refractivity contribution < 1.29 is 4.42 Å². The van der Waals surface area contributed by atoms with Gasteiger partial charge in [0.25, 0.3) is 0 Å². The van der Waals surface area contributed by atoms with Gasteiger partial charge in [-0.05, 0) is 6.07 Å². The summed E-state index contributed by atoms with van der Waals surface area (Å²) in [5.41, 5.74) is 6.88. The first kappa shape index (κ1) is 8.41. The van der Waals surface area contributed by atoms with E-state index >= 15 is 0 Å². The van der Waals surface area contributed by atoms with Crippen LogP contribution in [0.25, 0.3) is 5.70 Å². The molecule has 0 aliphatic heterocycles. The minimum Gasteiger partial charge on any atom is -0.469 e. The van der Waals surface area contributed by atoms with Crippen LogP contribution in [0, 0.1) is 11.3 Å². The average molecular weight is 162 g/mol. The Kier molecular flexibility index (Phi) is 2.54. The first-order valence-corrected chi connectivity index (χ1v) is 3.71. The molecule has 0 unspecified atom stereocenters. The van der Waals surface area contributed by atoms with Crippen LogP contribution in [0.5, 0.6) is 0 Å². The minimum absolute atomic E-state index is 0.461. The Morgan fingerprint density at radius 3 is 3.17 bits per heavy atom. The molecule has 12 heavy (non-hydrogen) atoms. The molecule has 0 saturated heterocycles. The summed E-state index contributed by atoms with van der Waals surface area (Å²) in [6.07, 6.45) is 3.67. The molecule has 1 heterocycles. The van der Waals surface area contributed by atoms with Crippen LogP contribution in [-0.4, -0.2) is 0 Å². The van der Waals surface area contributed by atoms with Crippen LogP contribution in [-0.2, 0) is 6.42 Å². The quantitative estimate of drug-likeness (QED) is 0.672. The Balaban J connectivity index is 3.03. The Hall–Kier alpha value is -1.69. The summed E-state index contributed by atoms with van der Waals surface area (Å²) in [6.45, 7) is 1.97. The zero-order valence-corrected chi connectivity index (χ0v) is 6.87. The van der Waals surface area contributed by atoms with E-state index in [1.165, 1.54) is 6.08 Å². The molecule has 0 bridgehead atoms. The monoisotopic (exact) mass is 162 g/mol. The summed E-state index contributed by atoms with van der Waals surface area (Å²) < 4.78 is 5.15. The van der Waals surface area contributed by atoms with Gasteiger partial charge in [0, 0.05) is 18.1 Å². The molecular weight excluding hydrogens is 152 g/mol. The second kappa shape index (κ2) is 3.63. The Morgan fingerprint density at radius 1 is 1.83 bits per heavy atom. The van der Waals surface area contributed by atoms with Crippen molar-refractivity contribution in [1.29, 1.82) is 5.26 Å². The molecule has 0 atom stereocenters. The highest BCUT2D eigenvalue weighted by molar-refractivity contribution is 5.65. The van der Waals surface area contributed by atoms with Gasteiger partial charge in [0.05, 0.1) is 18.0 Å². The summed E-state index contributed by atoms with van der Waals surface area (Å²) in [7, 11) is 0. The maximum Gasteiger partial charge on any atom is 0.112 e. The first-order chi connectivity index (χ1) is 5.79. The van der Waals surface area contributed by atoms with Crippen LogP contribution in [0.3, 0.4) is 0 Å². The molecule has 0 aliphatic carbocycles. The highest BCUT2D eigenvalue weighted by Crippen LogP contribution is 2.16. The van der Waals surface area contributed by atoms with Gasteiger partial charge in [0.1, 0.15) is 5.76 Å². The standard InChI is InChI=1S/C9H10N2O/c1-2-9-7(4-6-12-9)8(11)3-5-10/h3-4,6H,2,11H2,1H3/b8-3-. The molecule has 1 rings (SSSR count). The third-order valence-corrected chi connectivity index (χ3v) is 1.60. The summed E-state index contributed by atoms with van der Waals surface area (Å²) >= 11 is 0. The van der Waals surface area contributed by atoms with E-state index < -0.39 is 0 Å². The summed E-state index contributed by atoms with van der Waals surface area (Å²) in [5, 5.41) is 8.36. The maximum absolute atomic E-state index is 8.36. The largest absolute Gasteiger partial charge is 0.469 e. The predicted molar refractivity (Wildman–Crippen MR) is 45.9 cm³/mol. The average Bonchev–Trinajstić information content (AvgIpc) is 2.51. The van der Waals surface area contributed by atoms with Crippen molar-refractivity contribution in [3.8, 4) is 6.07 Å². The van der Waals surface area contributed by atoms with Gasteiger partial charge in [-0.25, -0.2) is 0 Å². The summed E-state index contributed by atoms with van der Waals surface area (Å²) in [5.74, 6) is 0.819.